The Kier molecular flexibility index (Phi) is 4.11. The minimum absolute atomic E-state index is 0.255. The Morgan fingerprint density at radius 3 is 2.75 bits per heavy atom. The van der Waals surface area contributed by atoms with Crippen molar-refractivity contribution < 1.29 is 4.92 Å². The lowest BCUT2D eigenvalue weighted by Gasteiger charge is -2.24. The highest BCUT2D eigenvalue weighted by Crippen LogP contribution is 2.50. The van der Waals surface area contributed by atoms with Gasteiger partial charge in [-0.15, -0.1) is 0 Å². The maximum absolute atomic E-state index is 11.0. The number of nitrogens with zero attached hydrogens (tertiary/aromatic N) is 1. The molecular weight excluding hydrogens is 318 g/mol. The van der Waals surface area contributed by atoms with Crippen molar-refractivity contribution in [1.82, 2.24) is 0 Å². The SMILES string of the molecule is O=[N+]([O-])c1ccccc1CC(Br)CC1CC2CCC1C2. The average Bonchev–Trinajstić information content (AvgIpc) is 3.01. The van der Waals surface area contributed by atoms with Crippen LogP contribution in [0.25, 0.3) is 0 Å². The lowest BCUT2D eigenvalue weighted by Crippen LogP contribution is -2.17. The highest BCUT2D eigenvalue weighted by molar-refractivity contribution is 9.09. The van der Waals surface area contributed by atoms with E-state index in [2.05, 4.69) is 15.9 Å². The third-order valence-corrected chi connectivity index (χ3v) is 5.77. The Labute approximate surface area is 128 Å². The quantitative estimate of drug-likeness (QED) is 0.443. The molecule has 4 unspecified atom stereocenters. The predicted molar refractivity (Wildman–Crippen MR) is 83.1 cm³/mol. The van der Waals surface area contributed by atoms with Crippen LogP contribution in [0.5, 0.6) is 0 Å². The highest BCUT2D eigenvalue weighted by atomic mass is 79.9. The second-order valence-electron chi connectivity index (χ2n) is 6.36. The van der Waals surface area contributed by atoms with Crippen LogP contribution in [-0.2, 0) is 6.42 Å². The molecule has 1 aromatic rings. The van der Waals surface area contributed by atoms with E-state index in [1.807, 2.05) is 12.1 Å². The number of para-hydroxylation sites is 1. The van der Waals surface area contributed by atoms with E-state index >= 15 is 0 Å². The molecule has 2 saturated carbocycles. The summed E-state index contributed by atoms with van der Waals surface area (Å²) >= 11 is 3.76. The summed E-state index contributed by atoms with van der Waals surface area (Å²) in [6.07, 6.45) is 7.55. The number of hydrogen-bond donors (Lipinski definition) is 0. The Morgan fingerprint density at radius 2 is 2.10 bits per heavy atom. The lowest BCUT2D eigenvalue weighted by atomic mass is 9.84. The molecule has 2 aliphatic carbocycles. The van der Waals surface area contributed by atoms with Crippen molar-refractivity contribution in [2.75, 3.05) is 0 Å². The third-order valence-electron chi connectivity index (χ3n) is 5.07. The van der Waals surface area contributed by atoms with Crippen molar-refractivity contribution in [3.05, 3.63) is 39.9 Å². The first-order valence-electron chi connectivity index (χ1n) is 7.50. The minimum atomic E-state index is -0.271. The van der Waals surface area contributed by atoms with Crippen LogP contribution in [0.15, 0.2) is 24.3 Å². The molecule has 2 bridgehead atoms. The van der Waals surface area contributed by atoms with E-state index in [0.29, 0.717) is 4.83 Å². The molecule has 3 rings (SSSR count). The molecule has 0 saturated heterocycles. The van der Waals surface area contributed by atoms with Gasteiger partial charge in [0.15, 0.2) is 0 Å². The number of hydrogen-bond acceptors (Lipinski definition) is 2. The van der Waals surface area contributed by atoms with Crippen molar-refractivity contribution in [1.29, 1.82) is 0 Å². The lowest BCUT2D eigenvalue weighted by molar-refractivity contribution is -0.385. The van der Waals surface area contributed by atoms with Crippen LogP contribution < -0.4 is 0 Å². The molecule has 0 heterocycles. The molecule has 2 fully saturated rings. The van der Waals surface area contributed by atoms with E-state index < -0.39 is 0 Å². The number of nitro groups is 1. The summed E-state index contributed by atoms with van der Waals surface area (Å²) < 4.78 is 0. The molecule has 0 spiro atoms. The highest BCUT2D eigenvalue weighted by Gasteiger charge is 2.39. The van der Waals surface area contributed by atoms with Gasteiger partial charge in [-0.3, -0.25) is 10.1 Å². The van der Waals surface area contributed by atoms with Gasteiger partial charge >= 0.3 is 0 Å². The van der Waals surface area contributed by atoms with Gasteiger partial charge in [0, 0.05) is 16.5 Å². The summed E-state index contributed by atoms with van der Waals surface area (Å²) in [6.45, 7) is 0. The average molecular weight is 338 g/mol. The molecule has 0 aromatic heterocycles. The van der Waals surface area contributed by atoms with Crippen molar-refractivity contribution in [2.24, 2.45) is 17.8 Å². The number of nitro benzene ring substituents is 1. The van der Waals surface area contributed by atoms with Gasteiger partial charge in [-0.25, -0.2) is 0 Å². The van der Waals surface area contributed by atoms with Crippen molar-refractivity contribution >= 4 is 21.6 Å². The summed E-state index contributed by atoms with van der Waals surface area (Å²) in [5, 5.41) is 11.0. The van der Waals surface area contributed by atoms with Crippen molar-refractivity contribution in [2.45, 2.75) is 43.4 Å². The van der Waals surface area contributed by atoms with Crippen molar-refractivity contribution in [3.63, 3.8) is 0 Å². The van der Waals surface area contributed by atoms with Crippen LogP contribution in [-0.4, -0.2) is 9.75 Å². The van der Waals surface area contributed by atoms with Gasteiger partial charge in [0.05, 0.1) is 4.92 Å². The molecule has 2 aliphatic rings. The van der Waals surface area contributed by atoms with Gasteiger partial charge in [0.25, 0.3) is 5.69 Å². The van der Waals surface area contributed by atoms with Crippen molar-refractivity contribution in [3.8, 4) is 0 Å². The number of rotatable bonds is 5. The fourth-order valence-corrected chi connectivity index (χ4v) is 5.01. The molecule has 0 N–H and O–H groups in total. The molecular formula is C16H20BrNO2. The number of fused-ring (bicyclic) bond motifs is 2. The summed E-state index contributed by atoms with van der Waals surface area (Å²) in [6, 6.07) is 7.11. The monoisotopic (exact) mass is 337 g/mol. The maximum Gasteiger partial charge on any atom is 0.272 e. The second kappa shape index (κ2) is 5.84. The second-order valence-corrected chi connectivity index (χ2v) is 7.65. The first kappa shape index (κ1) is 14.1. The van der Waals surface area contributed by atoms with E-state index in [9.17, 15) is 10.1 Å². The number of benzene rings is 1. The maximum atomic E-state index is 11.0. The van der Waals surface area contributed by atoms with Crippen LogP contribution in [0, 0.1) is 27.9 Å². The summed E-state index contributed by atoms with van der Waals surface area (Å²) in [5.74, 6) is 2.72. The van der Waals surface area contributed by atoms with E-state index in [1.165, 1.54) is 25.7 Å². The molecule has 108 valence electrons. The largest absolute Gasteiger partial charge is 0.272 e. The summed E-state index contributed by atoms with van der Waals surface area (Å²) in [4.78, 5) is 11.1. The Balaban J connectivity index is 1.61. The molecule has 3 nitrogen and oxygen atoms in total. The molecule has 0 amide bonds. The molecule has 4 heteroatoms. The standard InChI is InChI=1S/C16H20BrNO2/c17-15(10-14-8-11-5-6-12(14)7-11)9-13-3-1-2-4-16(13)18(19)20/h1-4,11-12,14-15H,5-10H2. The first-order chi connectivity index (χ1) is 9.63. The molecule has 1 aromatic carbocycles. The predicted octanol–water partition coefficient (Wildman–Crippen LogP) is 4.73. The number of alkyl halides is 1. The fraction of sp³-hybridized carbons (Fsp3) is 0.625. The minimum Gasteiger partial charge on any atom is -0.258 e. The Hall–Kier alpha value is -0.900. The molecule has 4 atom stereocenters. The van der Waals surface area contributed by atoms with Gasteiger partial charge in [-0.2, -0.15) is 0 Å². The van der Waals surface area contributed by atoms with E-state index in [0.717, 1.165) is 36.2 Å². The first-order valence-corrected chi connectivity index (χ1v) is 8.41. The van der Waals surface area contributed by atoms with E-state index in [1.54, 1.807) is 12.1 Å². The summed E-state index contributed by atoms with van der Waals surface area (Å²) in [7, 11) is 0. The van der Waals surface area contributed by atoms with Crippen LogP contribution >= 0.6 is 15.9 Å². The van der Waals surface area contributed by atoms with Crippen LogP contribution in [0.1, 0.15) is 37.7 Å². The zero-order valence-electron chi connectivity index (χ0n) is 11.5. The Morgan fingerprint density at radius 1 is 1.30 bits per heavy atom. The third kappa shape index (κ3) is 2.90. The van der Waals surface area contributed by atoms with E-state index in [-0.39, 0.29) is 10.6 Å². The van der Waals surface area contributed by atoms with Gasteiger partial charge in [0.2, 0.25) is 0 Å². The normalized spacial score (nSPS) is 29.6. The van der Waals surface area contributed by atoms with Gasteiger partial charge < -0.3 is 0 Å². The smallest absolute Gasteiger partial charge is 0.258 e. The zero-order chi connectivity index (χ0) is 14.1. The van der Waals surface area contributed by atoms with Crippen LogP contribution in [0.2, 0.25) is 0 Å². The Bertz CT molecular complexity index is 505. The van der Waals surface area contributed by atoms with Gasteiger partial charge in [-0.1, -0.05) is 40.5 Å². The topological polar surface area (TPSA) is 43.1 Å². The van der Waals surface area contributed by atoms with Crippen LogP contribution in [0.4, 0.5) is 5.69 Å². The summed E-state index contributed by atoms with van der Waals surface area (Å²) in [5.41, 5.74) is 1.10. The zero-order valence-corrected chi connectivity index (χ0v) is 13.1. The fourth-order valence-electron chi connectivity index (χ4n) is 4.18. The van der Waals surface area contributed by atoms with Gasteiger partial charge in [0.1, 0.15) is 0 Å². The molecule has 0 aliphatic heterocycles. The molecule has 0 radical (unpaired) electrons. The molecule has 20 heavy (non-hydrogen) atoms. The van der Waals surface area contributed by atoms with E-state index in [4.69, 9.17) is 0 Å². The van der Waals surface area contributed by atoms with Gasteiger partial charge in [-0.05, 0) is 49.9 Å². The number of halogens is 1. The van der Waals surface area contributed by atoms with Crippen LogP contribution in [0.3, 0.4) is 0 Å².